The molecule has 0 radical (unpaired) electrons. The lowest BCUT2D eigenvalue weighted by Crippen LogP contribution is -2.48. The monoisotopic (exact) mass is 1510 g/mol. The van der Waals surface area contributed by atoms with Crippen molar-refractivity contribution >= 4 is 93.1 Å². The number of aromatic amines is 2. The zero-order chi connectivity index (χ0) is 79.5. The third-order valence-corrected chi connectivity index (χ3v) is 17.8. The largest absolute Gasteiger partial charge is 0.505 e. The Morgan fingerprint density at radius 2 is 1.18 bits per heavy atom. The van der Waals surface area contributed by atoms with Gasteiger partial charge in [-0.3, -0.25) is 62.3 Å². The van der Waals surface area contributed by atoms with Gasteiger partial charge in [-0.2, -0.15) is 0 Å². The number of hydrogen-bond donors (Lipinski definition) is 13. The molecule has 35 heteroatoms. The van der Waals surface area contributed by atoms with Crippen LogP contribution in [-0.4, -0.2) is 197 Å². The second kappa shape index (κ2) is 41.7. The first-order chi connectivity index (χ1) is 51.2. The van der Waals surface area contributed by atoms with E-state index < -0.39 is 216 Å². The number of aromatic carboxylic acids is 1. The van der Waals surface area contributed by atoms with Gasteiger partial charge in [0.15, 0.2) is 40.5 Å². The van der Waals surface area contributed by atoms with Gasteiger partial charge in [-0.1, -0.05) is 12.5 Å². The zero-order valence-electron chi connectivity index (χ0n) is 59.4. The van der Waals surface area contributed by atoms with E-state index in [1.54, 1.807) is 0 Å². The molecule has 2 aliphatic rings. The van der Waals surface area contributed by atoms with Crippen LogP contribution in [0, 0.1) is 41.2 Å². The Bertz CT molecular complexity index is 4260. The molecule has 6 rings (SSSR count). The number of nitrogens with two attached hydrogens (primary N) is 1. The fourth-order valence-electron chi connectivity index (χ4n) is 12.0. The summed E-state index contributed by atoms with van der Waals surface area (Å²) in [5.41, 5.74) is 3.91. The Morgan fingerprint density at radius 1 is 0.602 bits per heavy atom. The summed E-state index contributed by atoms with van der Waals surface area (Å²) in [6, 6.07) is 4.14. The van der Waals surface area contributed by atoms with Crippen molar-refractivity contribution in [2.45, 2.75) is 148 Å². The van der Waals surface area contributed by atoms with Gasteiger partial charge < -0.3 is 86.3 Å². The molecule has 1 aliphatic carbocycles. The average molecular weight is 1510 g/mol. The van der Waals surface area contributed by atoms with E-state index in [2.05, 4.69) is 41.2 Å². The van der Waals surface area contributed by atoms with E-state index >= 15 is 0 Å². The van der Waals surface area contributed by atoms with Gasteiger partial charge in [0.25, 0.3) is 5.91 Å². The molecule has 0 saturated carbocycles. The Hall–Kier alpha value is -11.2. The van der Waals surface area contributed by atoms with Crippen molar-refractivity contribution in [3.05, 3.63) is 112 Å². The van der Waals surface area contributed by atoms with Crippen molar-refractivity contribution in [3.8, 4) is 28.2 Å². The SMILES string of the molecule is CC(=O)C[C@@H](C(=O)N[C@H](Cc1cnc[nH]1)C(=O)C[C@H](CCC(=O)O)C(=O)CCCOCC(=O)C[C@H](CCCCNC(=O)c1ccc(-c2c3cc(F)c(=O)cc-3oc3cc(O)c(F)cc23)c(C(=O)O)c1)C(=O)NCCOCC(=O)C[C@@H](C(=O)N[C@H](Cc1cnc[nH]1)C(=O)C[C@H](CCC(=O)O)C(N)=O)[C@H](C)O)[C@H](C)O. The number of carboxylic acids is 3. The second-order valence-electron chi connectivity index (χ2n) is 26.3. The zero-order valence-corrected chi connectivity index (χ0v) is 59.4. The number of aliphatic hydroxyl groups is 2. The molecule has 33 nitrogen and oxygen atoms in total. The Labute approximate surface area is 615 Å². The highest BCUT2D eigenvalue weighted by Crippen LogP contribution is 2.43. The van der Waals surface area contributed by atoms with E-state index in [1.807, 2.05) is 0 Å². The summed E-state index contributed by atoms with van der Waals surface area (Å²) >= 11 is 0. The maximum atomic E-state index is 14.9. The third-order valence-electron chi connectivity index (χ3n) is 17.8. The number of ketones is 6. The van der Waals surface area contributed by atoms with Crippen molar-refractivity contribution in [1.82, 2.24) is 41.2 Å². The number of aromatic nitrogens is 4. The maximum Gasteiger partial charge on any atom is 0.336 e. The van der Waals surface area contributed by atoms with Crippen molar-refractivity contribution in [1.29, 1.82) is 0 Å². The molecule has 2 aromatic heterocycles. The highest BCUT2D eigenvalue weighted by Gasteiger charge is 2.36. The summed E-state index contributed by atoms with van der Waals surface area (Å²) in [6.45, 7) is 1.76. The minimum Gasteiger partial charge on any atom is -0.505 e. The number of imidazole rings is 2. The molecule has 4 aromatic rings. The normalized spacial score (nSPS) is 13.9. The average Bonchev–Trinajstić information content (AvgIpc) is 0.761. The topological polar surface area (TPSA) is 541 Å². The summed E-state index contributed by atoms with van der Waals surface area (Å²) in [5, 5.41) is 70.4. The van der Waals surface area contributed by atoms with E-state index in [0.29, 0.717) is 11.4 Å². The van der Waals surface area contributed by atoms with Crippen LogP contribution in [0.15, 0.2) is 76.7 Å². The molecule has 0 bridgehead atoms. The number of aromatic hydroxyl groups is 1. The Kier molecular flexibility index (Phi) is 33.1. The predicted octanol–water partition coefficient (Wildman–Crippen LogP) is 3.42. The highest BCUT2D eigenvalue weighted by molar-refractivity contribution is 6.09. The number of Topliss-reactive ketones (excluding diaryl/α,β-unsaturated/α-hetero) is 6. The number of hydrogen-bond acceptors (Lipinski definition) is 23. The number of aliphatic hydroxyl groups excluding tert-OH is 2. The van der Waals surface area contributed by atoms with Gasteiger partial charge >= 0.3 is 17.9 Å². The number of fused-ring (bicyclic) bond motifs is 2. The van der Waals surface area contributed by atoms with E-state index in [-0.39, 0.29) is 129 Å². The van der Waals surface area contributed by atoms with E-state index in [4.69, 9.17) is 24.7 Å². The summed E-state index contributed by atoms with van der Waals surface area (Å²) in [7, 11) is 0. The van der Waals surface area contributed by atoms with Gasteiger partial charge in [0.1, 0.15) is 36.1 Å². The number of unbranched alkanes of at least 4 members (excludes halogenated alkanes) is 1. The van der Waals surface area contributed by atoms with Gasteiger partial charge in [0.05, 0.1) is 61.0 Å². The molecule has 5 amide bonds. The van der Waals surface area contributed by atoms with Crippen molar-refractivity contribution in [2.24, 2.45) is 35.3 Å². The number of ether oxygens (including phenoxy) is 2. The molecule has 108 heavy (non-hydrogen) atoms. The van der Waals surface area contributed by atoms with Crippen LogP contribution in [0.5, 0.6) is 5.75 Å². The molecule has 1 aliphatic heterocycles. The predicted molar refractivity (Wildman–Crippen MR) is 374 cm³/mol. The fraction of sp³-hybridized carbons (Fsp3) is 0.466. The number of nitrogens with one attached hydrogen (secondary N) is 6. The minimum absolute atomic E-state index is 0.00719. The van der Waals surface area contributed by atoms with Crippen LogP contribution in [0.3, 0.4) is 0 Å². The van der Waals surface area contributed by atoms with Crippen LogP contribution in [0.2, 0.25) is 0 Å². The van der Waals surface area contributed by atoms with Crippen LogP contribution in [0.25, 0.3) is 33.4 Å². The lowest BCUT2D eigenvalue weighted by Gasteiger charge is -2.24. The van der Waals surface area contributed by atoms with E-state index in [0.717, 1.165) is 30.3 Å². The van der Waals surface area contributed by atoms with Crippen molar-refractivity contribution in [2.75, 3.05) is 39.5 Å². The number of rotatable bonds is 50. The van der Waals surface area contributed by atoms with Crippen LogP contribution >= 0.6 is 0 Å². The first-order valence-corrected chi connectivity index (χ1v) is 34.6. The molecule has 14 N–H and O–H groups in total. The molecule has 0 unspecified atom stereocenters. The molecule has 0 fully saturated rings. The molecule has 582 valence electrons. The van der Waals surface area contributed by atoms with Gasteiger partial charge in [-0.05, 0) is 82.7 Å². The first-order valence-electron chi connectivity index (χ1n) is 34.6. The highest BCUT2D eigenvalue weighted by atomic mass is 19.1. The van der Waals surface area contributed by atoms with Crippen LogP contribution in [0.4, 0.5) is 8.78 Å². The lowest BCUT2D eigenvalue weighted by molar-refractivity contribution is -0.139. The number of carbonyl (C=O) groups excluding carboxylic acids is 11. The second-order valence-corrected chi connectivity index (χ2v) is 26.3. The smallest absolute Gasteiger partial charge is 0.336 e. The first kappa shape index (κ1) is 85.8. The number of nitrogens with zero attached hydrogens (tertiary/aromatic N) is 2. The fourth-order valence-corrected chi connectivity index (χ4v) is 12.0. The number of aliphatic carboxylic acids is 2. The lowest BCUT2D eigenvalue weighted by atomic mass is 9.87. The number of phenols is 1. The molecular weight excluding hydrogens is 1420 g/mol. The summed E-state index contributed by atoms with van der Waals surface area (Å²) < 4.78 is 46.5. The van der Waals surface area contributed by atoms with Gasteiger partial charge in [-0.25, -0.2) is 23.5 Å². The Morgan fingerprint density at radius 3 is 1.73 bits per heavy atom. The molecule has 0 spiro atoms. The van der Waals surface area contributed by atoms with Crippen LogP contribution in [0.1, 0.15) is 143 Å². The minimum atomic E-state index is -1.57. The van der Waals surface area contributed by atoms with Gasteiger partial charge in [0, 0.05) is 160 Å². The van der Waals surface area contributed by atoms with Gasteiger partial charge in [0.2, 0.25) is 29.1 Å². The molecule has 2 aromatic carbocycles. The van der Waals surface area contributed by atoms with Crippen LogP contribution in [-0.2, 0) is 79.8 Å². The summed E-state index contributed by atoms with van der Waals surface area (Å²) in [5.74, 6) is -21.2. The number of H-pyrrole nitrogens is 2. The maximum absolute atomic E-state index is 14.9. The molecular formula is C73H87F2N9O24. The number of phenolic OH excluding ortho intramolecular Hbond substituents is 1. The number of carbonyl (C=O) groups is 14. The molecule has 9 atom stereocenters. The Balaban J connectivity index is 1.09. The quantitative estimate of drug-likeness (QED) is 0.0192. The van der Waals surface area contributed by atoms with Crippen molar-refractivity contribution < 1.29 is 120 Å². The number of halogens is 2. The standard InChI is InChI=1S/C73H87F2N9O24/c1-37(85)19-49(38(2)86)71(102)83-56(24-44-31-77-35-81-44)61(93)22-40(10-13-65(95)96)58(90)8-6-17-106-33-46(88)20-42(69(100)80-16-18-107-34-47(89)26-50(39(3)87)72(103)84-57(25-45-32-78-36-82-45)62(94)23-41(68(76)99)11-14-66(97)98)7-4-5-15-79-70(101)43-9-12-48(51(21-43)73(104)105)67-52-27-54(74)59(91)29-63(52)108-64-30-60(92)55(75)28-53(64)67/h9,12,21,27-32,35-36,38-42,49-50,56-57,86-87,91H,4-8,10-11,13-20,22-26,33-34H2,1-3H3,(H2,76,99)(H,77,81)(H,78,82)(H,79,101)(H,80,100)(H,83,102)(H,84,103)(H,95,96)(H,97,98)(H,104,105)/t38-,39-,40-,41-,42-,49+,50+,56+,57+/m0/s1. The number of benzene rings is 3. The molecule has 0 saturated heterocycles. The summed E-state index contributed by atoms with van der Waals surface area (Å²) in [6.07, 6.45) is -1.45. The van der Waals surface area contributed by atoms with E-state index in [1.165, 1.54) is 58.0 Å². The number of primary amides is 1. The number of carboxylic acid groups (broad SMARTS) is 3. The summed E-state index contributed by atoms with van der Waals surface area (Å²) in [4.78, 5) is 208. The van der Waals surface area contributed by atoms with E-state index in [9.17, 15) is 106 Å². The third kappa shape index (κ3) is 26.4. The van der Waals surface area contributed by atoms with Gasteiger partial charge in [-0.15, -0.1) is 0 Å². The molecule has 3 heterocycles. The van der Waals surface area contributed by atoms with Crippen molar-refractivity contribution in [3.63, 3.8) is 0 Å². The number of amides is 5. The van der Waals surface area contributed by atoms with Crippen LogP contribution < -0.4 is 32.4 Å².